The maximum Gasteiger partial charge on any atom is 0.673 e. The van der Waals surface area contributed by atoms with Crippen LogP contribution in [0.5, 0.6) is 0 Å². The van der Waals surface area contributed by atoms with Gasteiger partial charge in [0.05, 0.1) is 16.9 Å². The highest BCUT2D eigenvalue weighted by atomic mass is 19.5. The summed E-state index contributed by atoms with van der Waals surface area (Å²) in [6, 6.07) is 18.8. The third-order valence-electron chi connectivity index (χ3n) is 5.16. The van der Waals surface area contributed by atoms with Crippen molar-refractivity contribution >= 4 is 35.7 Å². The molecule has 1 heterocycles. The molecule has 0 aliphatic rings. The number of nitrogens with zero attached hydrogens (tertiary/aromatic N) is 1. The van der Waals surface area contributed by atoms with Crippen LogP contribution in [-0.4, -0.2) is 20.3 Å². The Labute approximate surface area is 205 Å². The maximum absolute atomic E-state index is 9.75. The molecule has 0 radical (unpaired) electrons. The second-order valence-corrected chi connectivity index (χ2v) is 8.89. The van der Waals surface area contributed by atoms with Crippen molar-refractivity contribution in [1.82, 2.24) is 0 Å². The fraction of sp³-hybridized carbons (Fsp3) is 0.296. The number of nitrogens with one attached hydrogen (secondary N) is 1. The Bertz CT molecular complexity index is 1130. The molecule has 0 aliphatic carbocycles. The molecule has 0 unspecified atom stereocenters. The molecule has 0 aliphatic heterocycles. The van der Waals surface area contributed by atoms with E-state index in [1.807, 2.05) is 42.6 Å². The third-order valence-corrected chi connectivity index (χ3v) is 5.16. The van der Waals surface area contributed by atoms with Gasteiger partial charge in [-0.05, 0) is 65.0 Å². The van der Waals surface area contributed by atoms with E-state index in [4.69, 9.17) is 4.42 Å². The van der Waals surface area contributed by atoms with Gasteiger partial charge in [-0.25, -0.2) is 4.42 Å². The molecular formula is C27H33BF4N2O. The van der Waals surface area contributed by atoms with Crippen LogP contribution in [0.2, 0.25) is 0 Å². The summed E-state index contributed by atoms with van der Waals surface area (Å²) in [7, 11) is -6.00. The normalized spacial score (nSPS) is 12.1. The van der Waals surface area contributed by atoms with Gasteiger partial charge in [0.1, 0.15) is 0 Å². The number of anilines is 2. The van der Waals surface area contributed by atoms with Crippen molar-refractivity contribution in [1.29, 1.82) is 0 Å². The summed E-state index contributed by atoms with van der Waals surface area (Å²) >= 11 is 0. The predicted octanol–water partition coefficient (Wildman–Crippen LogP) is 8.80. The summed E-state index contributed by atoms with van der Waals surface area (Å²) in [5.41, 5.74) is 4.30. The first-order valence-corrected chi connectivity index (χ1v) is 11.6. The van der Waals surface area contributed by atoms with Gasteiger partial charge in [0.15, 0.2) is 0 Å². The minimum absolute atomic E-state index is 0.0628. The maximum atomic E-state index is 9.75. The molecule has 2 aromatic carbocycles. The molecule has 0 atom stereocenters. The average molecular weight is 488 g/mol. The molecule has 3 nitrogen and oxygen atoms in total. The molecule has 3 aromatic rings. The summed E-state index contributed by atoms with van der Waals surface area (Å²) in [4.78, 5) is 2.34. The van der Waals surface area contributed by atoms with Crippen LogP contribution in [0.15, 0.2) is 77.4 Å². The fourth-order valence-corrected chi connectivity index (χ4v) is 3.39. The first-order chi connectivity index (χ1) is 16.4. The van der Waals surface area contributed by atoms with Gasteiger partial charge in [-0.1, -0.05) is 30.4 Å². The van der Waals surface area contributed by atoms with Crippen molar-refractivity contribution in [2.24, 2.45) is 0 Å². The van der Waals surface area contributed by atoms with Crippen LogP contribution in [0.4, 0.5) is 28.6 Å². The Kier molecular flexibility index (Phi) is 9.93. The summed E-state index contributed by atoms with van der Waals surface area (Å²) in [5.74, 6) is 0.984. The molecule has 0 bridgehead atoms. The van der Waals surface area contributed by atoms with Gasteiger partial charge in [-0.2, -0.15) is 0 Å². The summed E-state index contributed by atoms with van der Waals surface area (Å²) in [6.45, 7) is 12.9. The van der Waals surface area contributed by atoms with Crippen molar-refractivity contribution in [2.75, 3.05) is 23.3 Å². The van der Waals surface area contributed by atoms with Gasteiger partial charge in [-0.15, -0.1) is 0 Å². The Morgan fingerprint density at radius 3 is 2.11 bits per heavy atom. The van der Waals surface area contributed by atoms with Crippen molar-refractivity contribution < 1.29 is 21.7 Å². The van der Waals surface area contributed by atoms with Gasteiger partial charge in [0.2, 0.25) is 0 Å². The van der Waals surface area contributed by atoms with Crippen LogP contribution in [0.1, 0.15) is 45.9 Å². The van der Waals surface area contributed by atoms with Crippen LogP contribution < -0.4 is 10.2 Å². The summed E-state index contributed by atoms with van der Waals surface area (Å²) in [6.07, 6.45) is 8.18. The highest BCUT2D eigenvalue weighted by Crippen LogP contribution is 2.32. The molecule has 0 saturated carbocycles. The van der Waals surface area contributed by atoms with E-state index in [2.05, 4.69) is 81.3 Å². The lowest BCUT2D eigenvalue weighted by Crippen LogP contribution is -2.21. The van der Waals surface area contributed by atoms with Crippen LogP contribution in [0, 0.1) is 0 Å². The molecule has 0 saturated heterocycles. The molecule has 0 fully saturated rings. The fourth-order valence-electron chi connectivity index (χ4n) is 3.39. The zero-order valence-electron chi connectivity index (χ0n) is 20.9. The van der Waals surface area contributed by atoms with Crippen LogP contribution in [-0.2, 0) is 5.41 Å². The monoisotopic (exact) mass is 488 g/mol. The number of benzene rings is 2. The molecule has 8 heteroatoms. The molecule has 35 heavy (non-hydrogen) atoms. The number of hydrogen-bond acceptors (Lipinski definition) is 2. The van der Waals surface area contributed by atoms with E-state index in [1.165, 1.54) is 5.69 Å². The number of allylic oxidation sites excluding steroid dienone is 2. The average Bonchev–Trinajstić information content (AvgIpc) is 2.78. The van der Waals surface area contributed by atoms with Crippen LogP contribution >= 0.6 is 0 Å². The standard InChI is InChI=1S/C27H33N2O.BF4/c1-6-29(7-2)23-16-17-24-21(19-26(27(3,4)5)30-25(24)20-23)13-11-12-18-28-22-14-9-8-10-15-22;2-1(3,4)5/h8-20,28H,6-7H2,1-5H3;/q+1;-1. The molecule has 1 aromatic heterocycles. The Balaban J connectivity index is 0.000000784. The number of fused-ring (bicyclic) bond motifs is 1. The smallest absolute Gasteiger partial charge is 0.418 e. The van der Waals surface area contributed by atoms with E-state index in [-0.39, 0.29) is 5.41 Å². The Hall–Kier alpha value is -3.29. The van der Waals surface area contributed by atoms with Gasteiger partial charge >= 0.3 is 18.6 Å². The number of hydrogen-bond donors (Lipinski definition) is 1. The zero-order chi connectivity index (χ0) is 26.1. The first-order valence-electron chi connectivity index (χ1n) is 11.6. The van der Waals surface area contributed by atoms with E-state index in [0.29, 0.717) is 0 Å². The van der Waals surface area contributed by atoms with Gasteiger partial charge in [-0.3, -0.25) is 0 Å². The van der Waals surface area contributed by atoms with E-state index >= 15 is 0 Å². The molecule has 0 amide bonds. The summed E-state index contributed by atoms with van der Waals surface area (Å²) in [5, 5.41) is 4.41. The Morgan fingerprint density at radius 2 is 1.54 bits per heavy atom. The lowest BCUT2D eigenvalue weighted by Gasteiger charge is -2.20. The summed E-state index contributed by atoms with van der Waals surface area (Å²) < 4.78 is 45.3. The van der Waals surface area contributed by atoms with Crippen LogP contribution in [0.25, 0.3) is 17.0 Å². The van der Waals surface area contributed by atoms with E-state index in [9.17, 15) is 17.3 Å². The van der Waals surface area contributed by atoms with E-state index in [0.717, 1.165) is 41.1 Å². The third kappa shape index (κ3) is 9.47. The Morgan fingerprint density at radius 1 is 0.914 bits per heavy atom. The number of halogens is 4. The molecular weight excluding hydrogens is 455 g/mol. The molecule has 188 valence electrons. The zero-order valence-corrected chi connectivity index (χ0v) is 20.9. The highest BCUT2D eigenvalue weighted by molar-refractivity contribution is 6.50. The van der Waals surface area contributed by atoms with E-state index < -0.39 is 7.25 Å². The first kappa shape index (κ1) is 28.0. The highest BCUT2D eigenvalue weighted by Gasteiger charge is 2.29. The lowest BCUT2D eigenvalue weighted by molar-refractivity contribution is 0.368. The molecule has 1 N–H and O–H groups in total. The minimum atomic E-state index is -6.00. The molecule has 0 spiro atoms. The van der Waals surface area contributed by atoms with Crippen molar-refractivity contribution in [3.8, 4) is 0 Å². The minimum Gasteiger partial charge on any atom is -0.418 e. The quantitative estimate of drug-likeness (QED) is 0.156. The van der Waals surface area contributed by atoms with Crippen molar-refractivity contribution in [3.63, 3.8) is 0 Å². The second-order valence-electron chi connectivity index (χ2n) is 8.89. The van der Waals surface area contributed by atoms with Crippen LogP contribution in [0.3, 0.4) is 0 Å². The predicted molar refractivity (Wildman–Crippen MR) is 141 cm³/mol. The second kappa shape index (κ2) is 12.4. The number of para-hydroxylation sites is 1. The lowest BCUT2D eigenvalue weighted by atomic mass is 9.91. The largest absolute Gasteiger partial charge is 0.673 e. The van der Waals surface area contributed by atoms with Gasteiger partial charge in [0.25, 0.3) is 0 Å². The van der Waals surface area contributed by atoms with Crippen molar-refractivity contribution in [2.45, 2.75) is 40.0 Å². The van der Waals surface area contributed by atoms with E-state index in [1.54, 1.807) is 0 Å². The SMILES string of the molecule is CCN(CC)c1ccc2c(C=CC=CNc3ccccc3)cc(C(C)(C)C)[o+]c2c1.F[B-](F)(F)F. The van der Waals surface area contributed by atoms with Gasteiger partial charge in [0, 0.05) is 42.3 Å². The molecule has 3 rings (SSSR count). The number of rotatable bonds is 7. The van der Waals surface area contributed by atoms with Gasteiger partial charge < -0.3 is 27.5 Å². The van der Waals surface area contributed by atoms with Crippen molar-refractivity contribution in [3.05, 3.63) is 84.3 Å². The topological polar surface area (TPSA) is 26.6 Å².